The molecule has 4 heteroatoms. The summed E-state index contributed by atoms with van der Waals surface area (Å²) in [4.78, 5) is 4.70. The van der Waals surface area contributed by atoms with E-state index in [1.54, 1.807) is 11.3 Å². The van der Waals surface area contributed by atoms with Crippen LogP contribution >= 0.6 is 11.3 Å². The van der Waals surface area contributed by atoms with Crippen molar-refractivity contribution >= 4 is 11.3 Å². The summed E-state index contributed by atoms with van der Waals surface area (Å²) in [6.45, 7) is 4.88. The molecular formula is C16H20N2OS. The van der Waals surface area contributed by atoms with Gasteiger partial charge in [-0.3, -0.25) is 0 Å². The van der Waals surface area contributed by atoms with Gasteiger partial charge in [-0.2, -0.15) is 0 Å². The van der Waals surface area contributed by atoms with E-state index in [9.17, 15) is 0 Å². The average molecular weight is 288 g/mol. The number of thiazole rings is 1. The lowest BCUT2D eigenvalue weighted by atomic mass is 10.0. The third-order valence-corrected chi connectivity index (χ3v) is 4.72. The van der Waals surface area contributed by atoms with E-state index in [0.717, 1.165) is 30.5 Å². The van der Waals surface area contributed by atoms with Gasteiger partial charge in [0, 0.05) is 30.1 Å². The number of ether oxygens (including phenoxy) is 1. The van der Waals surface area contributed by atoms with Gasteiger partial charge in [0.2, 0.25) is 0 Å². The zero-order valence-corrected chi connectivity index (χ0v) is 12.5. The Hall–Kier alpha value is -1.23. The van der Waals surface area contributed by atoms with Crippen LogP contribution in [0.5, 0.6) is 0 Å². The smallest absolute Gasteiger partial charge is 0.107 e. The van der Waals surface area contributed by atoms with Gasteiger partial charge in [0.15, 0.2) is 0 Å². The van der Waals surface area contributed by atoms with Gasteiger partial charge in [-0.1, -0.05) is 30.3 Å². The molecule has 0 aliphatic carbocycles. The molecule has 3 rings (SSSR count). The van der Waals surface area contributed by atoms with Crippen LogP contribution in [-0.2, 0) is 11.3 Å². The molecule has 1 saturated heterocycles. The minimum absolute atomic E-state index is 0.488. The molecule has 20 heavy (non-hydrogen) atoms. The Kier molecular flexibility index (Phi) is 4.45. The summed E-state index contributed by atoms with van der Waals surface area (Å²) in [6.07, 6.45) is 1.17. The quantitative estimate of drug-likeness (QED) is 0.916. The highest BCUT2D eigenvalue weighted by Gasteiger charge is 2.21. The maximum absolute atomic E-state index is 5.44. The van der Waals surface area contributed by atoms with E-state index in [2.05, 4.69) is 41.9 Å². The molecule has 1 aromatic carbocycles. The molecule has 1 aromatic heterocycles. The molecule has 0 amide bonds. The molecule has 1 aliphatic heterocycles. The molecule has 0 radical (unpaired) electrons. The van der Waals surface area contributed by atoms with Crippen molar-refractivity contribution in [3.8, 4) is 11.3 Å². The van der Waals surface area contributed by atoms with Crippen molar-refractivity contribution in [3.05, 3.63) is 40.7 Å². The maximum atomic E-state index is 5.44. The van der Waals surface area contributed by atoms with Crippen molar-refractivity contribution in [1.82, 2.24) is 10.3 Å². The van der Waals surface area contributed by atoms with Crippen molar-refractivity contribution in [2.75, 3.05) is 13.2 Å². The second kappa shape index (κ2) is 6.48. The molecule has 2 aromatic rings. The summed E-state index contributed by atoms with van der Waals surface area (Å²) in [5.74, 6) is 0.642. The Bertz CT molecular complexity index is 534. The van der Waals surface area contributed by atoms with Crippen LogP contribution in [-0.4, -0.2) is 24.2 Å². The Balaban J connectivity index is 1.57. The van der Waals surface area contributed by atoms with E-state index in [1.807, 2.05) is 6.07 Å². The Morgan fingerprint density at radius 3 is 3.00 bits per heavy atom. The number of nitrogens with zero attached hydrogens (tertiary/aromatic N) is 1. The number of rotatable bonds is 5. The first-order valence-electron chi connectivity index (χ1n) is 7.14. The summed E-state index contributed by atoms with van der Waals surface area (Å²) in [5.41, 5.74) is 2.26. The molecule has 2 heterocycles. The van der Waals surface area contributed by atoms with E-state index >= 15 is 0 Å². The summed E-state index contributed by atoms with van der Waals surface area (Å²) in [7, 11) is 0. The molecule has 1 fully saturated rings. The minimum atomic E-state index is 0.488. The van der Waals surface area contributed by atoms with Crippen LogP contribution in [0.25, 0.3) is 11.3 Å². The van der Waals surface area contributed by atoms with Gasteiger partial charge in [0.1, 0.15) is 5.01 Å². The van der Waals surface area contributed by atoms with Crippen LogP contribution in [0.4, 0.5) is 0 Å². The van der Waals surface area contributed by atoms with Crippen LogP contribution in [0.1, 0.15) is 18.4 Å². The molecule has 1 N–H and O–H groups in total. The van der Waals surface area contributed by atoms with Crippen molar-refractivity contribution < 1.29 is 4.74 Å². The highest BCUT2D eigenvalue weighted by atomic mass is 32.1. The van der Waals surface area contributed by atoms with Crippen LogP contribution in [0, 0.1) is 5.92 Å². The first-order valence-corrected chi connectivity index (χ1v) is 8.02. The van der Waals surface area contributed by atoms with Gasteiger partial charge in [-0.25, -0.2) is 4.98 Å². The monoisotopic (exact) mass is 288 g/mol. The molecule has 106 valence electrons. The van der Waals surface area contributed by atoms with Crippen molar-refractivity contribution in [3.63, 3.8) is 0 Å². The first-order chi connectivity index (χ1) is 9.83. The topological polar surface area (TPSA) is 34.2 Å². The summed E-state index contributed by atoms with van der Waals surface area (Å²) in [5, 5.41) is 6.86. The third kappa shape index (κ3) is 3.26. The molecule has 2 atom stereocenters. The molecule has 2 unspecified atom stereocenters. The van der Waals surface area contributed by atoms with Crippen LogP contribution in [0.2, 0.25) is 0 Å². The van der Waals surface area contributed by atoms with Gasteiger partial charge in [0.05, 0.1) is 12.3 Å². The van der Waals surface area contributed by atoms with Crippen LogP contribution < -0.4 is 5.32 Å². The van der Waals surface area contributed by atoms with Gasteiger partial charge >= 0.3 is 0 Å². The van der Waals surface area contributed by atoms with Crippen molar-refractivity contribution in [2.24, 2.45) is 5.92 Å². The summed E-state index contributed by atoms with van der Waals surface area (Å²) in [6, 6.07) is 10.8. The number of hydrogen-bond acceptors (Lipinski definition) is 4. The lowest BCUT2D eigenvalue weighted by Gasteiger charge is -2.18. The molecular weight excluding hydrogens is 268 g/mol. The second-order valence-electron chi connectivity index (χ2n) is 5.29. The highest BCUT2D eigenvalue weighted by Crippen LogP contribution is 2.22. The average Bonchev–Trinajstić information content (AvgIpc) is 3.17. The predicted octanol–water partition coefficient (Wildman–Crippen LogP) is 3.32. The van der Waals surface area contributed by atoms with E-state index in [-0.39, 0.29) is 0 Å². The molecule has 0 spiro atoms. The van der Waals surface area contributed by atoms with E-state index in [1.165, 1.54) is 12.0 Å². The molecule has 0 saturated carbocycles. The standard InChI is InChI=1S/C16H20N2OS/c1-12(14-7-8-19-10-14)17-9-16-18-15(11-20-16)13-5-3-2-4-6-13/h2-6,11-12,14,17H,7-10H2,1H3. The van der Waals surface area contributed by atoms with Crippen molar-refractivity contribution in [1.29, 1.82) is 0 Å². The first kappa shape index (κ1) is 13.7. The zero-order chi connectivity index (χ0) is 13.8. The lowest BCUT2D eigenvalue weighted by molar-refractivity contribution is 0.178. The number of nitrogens with one attached hydrogen (secondary N) is 1. The Morgan fingerprint density at radius 1 is 1.40 bits per heavy atom. The molecule has 1 aliphatic rings. The highest BCUT2D eigenvalue weighted by molar-refractivity contribution is 7.09. The largest absolute Gasteiger partial charge is 0.381 e. The summed E-state index contributed by atoms with van der Waals surface area (Å²) < 4.78 is 5.44. The van der Waals surface area contributed by atoms with Gasteiger partial charge in [-0.15, -0.1) is 11.3 Å². The maximum Gasteiger partial charge on any atom is 0.107 e. The number of benzene rings is 1. The summed E-state index contributed by atoms with van der Waals surface area (Å²) >= 11 is 1.72. The van der Waals surface area contributed by atoms with E-state index in [4.69, 9.17) is 9.72 Å². The SMILES string of the molecule is CC(NCc1nc(-c2ccccc2)cs1)C1CCOC1. The fourth-order valence-corrected chi connectivity index (χ4v) is 3.25. The Labute approximate surface area is 124 Å². The minimum Gasteiger partial charge on any atom is -0.381 e. The number of aromatic nitrogens is 1. The predicted molar refractivity (Wildman–Crippen MR) is 82.8 cm³/mol. The number of hydrogen-bond donors (Lipinski definition) is 1. The van der Waals surface area contributed by atoms with Gasteiger partial charge in [-0.05, 0) is 19.3 Å². The Morgan fingerprint density at radius 2 is 2.25 bits per heavy atom. The van der Waals surface area contributed by atoms with E-state index < -0.39 is 0 Å². The van der Waals surface area contributed by atoms with Crippen molar-refractivity contribution in [2.45, 2.75) is 25.9 Å². The van der Waals surface area contributed by atoms with Crippen LogP contribution in [0.3, 0.4) is 0 Å². The van der Waals surface area contributed by atoms with Gasteiger partial charge in [0.25, 0.3) is 0 Å². The lowest BCUT2D eigenvalue weighted by Crippen LogP contribution is -2.33. The zero-order valence-electron chi connectivity index (χ0n) is 11.7. The molecule has 0 bridgehead atoms. The third-order valence-electron chi connectivity index (χ3n) is 3.87. The van der Waals surface area contributed by atoms with E-state index in [0.29, 0.717) is 12.0 Å². The fraction of sp³-hybridized carbons (Fsp3) is 0.438. The second-order valence-corrected chi connectivity index (χ2v) is 6.23. The normalized spacial score (nSPS) is 20.1. The van der Waals surface area contributed by atoms with Crippen LogP contribution in [0.15, 0.2) is 35.7 Å². The van der Waals surface area contributed by atoms with Gasteiger partial charge < -0.3 is 10.1 Å². The fourth-order valence-electron chi connectivity index (χ4n) is 2.50. The molecule has 3 nitrogen and oxygen atoms in total.